The van der Waals surface area contributed by atoms with Gasteiger partial charge in [0, 0.05) is 60.9 Å². The average Bonchev–Trinajstić information content (AvgIpc) is 3.13. The minimum atomic E-state index is 0.0379. The monoisotopic (exact) mass is 478 g/mol. The number of H-pyrrole nitrogens is 1. The molecule has 1 aliphatic carbocycles. The summed E-state index contributed by atoms with van der Waals surface area (Å²) in [5.41, 5.74) is 2.78. The van der Waals surface area contributed by atoms with E-state index < -0.39 is 0 Å². The van der Waals surface area contributed by atoms with Gasteiger partial charge in [-0.1, -0.05) is 36.4 Å². The molecular weight excluding hydrogens is 448 g/mol. The van der Waals surface area contributed by atoms with Gasteiger partial charge in [-0.2, -0.15) is 0 Å². The van der Waals surface area contributed by atoms with Crippen LogP contribution in [0.15, 0.2) is 49.3 Å². The van der Waals surface area contributed by atoms with Gasteiger partial charge in [-0.3, -0.25) is 9.69 Å². The van der Waals surface area contributed by atoms with Gasteiger partial charge in [-0.05, 0) is 44.2 Å². The van der Waals surface area contributed by atoms with Crippen molar-refractivity contribution in [2.24, 2.45) is 0 Å². The lowest BCUT2D eigenvalue weighted by molar-refractivity contribution is -0.125. The van der Waals surface area contributed by atoms with Crippen LogP contribution in [-0.4, -0.2) is 68.9 Å². The maximum absolute atomic E-state index is 12.0. The Morgan fingerprint density at radius 3 is 2.94 bits per heavy atom. The number of amides is 1. The number of nitrogens with one attached hydrogen (secondary N) is 2. The first kappa shape index (κ1) is 22.9. The topological polar surface area (TPSA) is 77.2 Å². The van der Waals surface area contributed by atoms with E-state index in [0.717, 1.165) is 74.0 Å². The molecule has 1 amide bonds. The standard InChI is InChI=1S/C26H31ClN6O/c1-2-24(34)33-12-6-11-32(13-14-33)19-8-5-7-18(15-19)30-26-29-17-22(27)25(31-26)21-16-28-23-10-4-3-9-20(21)23/h2-4,9-10,16-19,28H,1,5-8,11-15H2,(H,29,30,31)/t18-,19+/m1/s1. The van der Waals surface area contributed by atoms with Crippen LogP contribution in [0.4, 0.5) is 5.95 Å². The molecule has 0 unspecified atom stereocenters. The Morgan fingerprint density at radius 2 is 2.06 bits per heavy atom. The fraction of sp³-hybridized carbons (Fsp3) is 0.423. The lowest BCUT2D eigenvalue weighted by Crippen LogP contribution is -2.44. The van der Waals surface area contributed by atoms with Crippen molar-refractivity contribution in [3.8, 4) is 11.3 Å². The molecule has 3 heterocycles. The molecule has 1 saturated carbocycles. The number of para-hydroxylation sites is 1. The number of nitrogens with zero attached hydrogens (tertiary/aromatic N) is 4. The van der Waals surface area contributed by atoms with Gasteiger partial charge in [-0.25, -0.2) is 9.97 Å². The zero-order chi connectivity index (χ0) is 23.5. The molecule has 2 fully saturated rings. The number of halogens is 1. The molecule has 1 aromatic carbocycles. The Morgan fingerprint density at radius 1 is 1.18 bits per heavy atom. The van der Waals surface area contributed by atoms with E-state index in [2.05, 4.69) is 32.8 Å². The molecule has 2 N–H and O–H groups in total. The van der Waals surface area contributed by atoms with E-state index in [0.29, 0.717) is 23.1 Å². The van der Waals surface area contributed by atoms with Crippen LogP contribution in [0.1, 0.15) is 32.1 Å². The van der Waals surface area contributed by atoms with Crippen LogP contribution in [0.25, 0.3) is 22.2 Å². The fourth-order valence-electron chi connectivity index (χ4n) is 5.35. The number of benzene rings is 1. The third-order valence-electron chi connectivity index (χ3n) is 7.10. The third-order valence-corrected chi connectivity index (χ3v) is 7.38. The molecule has 0 radical (unpaired) electrons. The van der Waals surface area contributed by atoms with E-state index in [1.165, 1.54) is 12.5 Å². The molecule has 2 aromatic heterocycles. The lowest BCUT2D eigenvalue weighted by atomic mass is 9.90. The molecule has 7 nitrogen and oxygen atoms in total. The van der Waals surface area contributed by atoms with Crippen molar-refractivity contribution in [2.75, 3.05) is 31.5 Å². The number of hydrogen-bond acceptors (Lipinski definition) is 5. The summed E-state index contributed by atoms with van der Waals surface area (Å²) in [6, 6.07) is 8.96. The first-order valence-corrected chi connectivity index (χ1v) is 12.5. The summed E-state index contributed by atoms with van der Waals surface area (Å²) in [7, 11) is 0. The van der Waals surface area contributed by atoms with Crippen LogP contribution < -0.4 is 5.32 Å². The van der Waals surface area contributed by atoms with Crippen LogP contribution in [0.2, 0.25) is 5.02 Å². The highest BCUT2D eigenvalue weighted by molar-refractivity contribution is 6.33. The van der Waals surface area contributed by atoms with Crippen LogP contribution in [0, 0.1) is 0 Å². The molecule has 34 heavy (non-hydrogen) atoms. The summed E-state index contributed by atoms with van der Waals surface area (Å²) in [4.78, 5) is 29.1. The van der Waals surface area contributed by atoms with Crippen molar-refractivity contribution in [3.63, 3.8) is 0 Å². The van der Waals surface area contributed by atoms with E-state index in [4.69, 9.17) is 16.6 Å². The summed E-state index contributed by atoms with van der Waals surface area (Å²) in [5.74, 6) is 0.657. The summed E-state index contributed by atoms with van der Waals surface area (Å²) < 4.78 is 0. The SMILES string of the molecule is C=CC(=O)N1CCCN([C@H]2CCC[C@@H](Nc3ncc(Cl)c(-c4c[nH]c5ccccc45)n3)C2)CC1. The second kappa shape index (κ2) is 10.2. The zero-order valence-corrected chi connectivity index (χ0v) is 20.1. The van der Waals surface area contributed by atoms with Crippen LogP contribution in [0.5, 0.6) is 0 Å². The minimum Gasteiger partial charge on any atom is -0.360 e. The molecule has 1 aliphatic heterocycles. The van der Waals surface area contributed by atoms with Crippen molar-refractivity contribution in [1.29, 1.82) is 0 Å². The molecule has 178 valence electrons. The van der Waals surface area contributed by atoms with E-state index in [1.54, 1.807) is 6.20 Å². The molecule has 5 rings (SSSR count). The van der Waals surface area contributed by atoms with Gasteiger partial charge in [0.05, 0.1) is 16.9 Å². The van der Waals surface area contributed by atoms with Crippen molar-refractivity contribution in [3.05, 3.63) is 54.3 Å². The van der Waals surface area contributed by atoms with Crippen LogP contribution in [-0.2, 0) is 4.79 Å². The zero-order valence-electron chi connectivity index (χ0n) is 19.3. The van der Waals surface area contributed by atoms with Gasteiger partial charge in [-0.15, -0.1) is 0 Å². The van der Waals surface area contributed by atoms with E-state index in [9.17, 15) is 4.79 Å². The molecule has 2 atom stereocenters. The quantitative estimate of drug-likeness (QED) is 0.519. The Kier molecular flexibility index (Phi) is 6.83. The van der Waals surface area contributed by atoms with Crippen molar-refractivity contribution < 1.29 is 4.79 Å². The largest absolute Gasteiger partial charge is 0.360 e. The molecule has 2 aliphatic rings. The normalized spacial score (nSPS) is 21.9. The van der Waals surface area contributed by atoms with Gasteiger partial charge >= 0.3 is 0 Å². The summed E-state index contributed by atoms with van der Waals surface area (Å²) >= 11 is 6.51. The second-order valence-corrected chi connectivity index (χ2v) is 9.63. The lowest BCUT2D eigenvalue weighted by Gasteiger charge is -2.37. The Balaban J connectivity index is 1.27. The third kappa shape index (κ3) is 4.81. The number of aromatic amines is 1. The van der Waals surface area contributed by atoms with E-state index >= 15 is 0 Å². The Bertz CT molecular complexity index is 1180. The number of aromatic nitrogens is 3. The first-order chi connectivity index (χ1) is 16.6. The molecule has 0 bridgehead atoms. The van der Waals surface area contributed by atoms with Crippen LogP contribution in [0.3, 0.4) is 0 Å². The number of rotatable bonds is 5. The maximum Gasteiger partial charge on any atom is 0.245 e. The smallest absolute Gasteiger partial charge is 0.245 e. The number of fused-ring (bicyclic) bond motifs is 1. The summed E-state index contributed by atoms with van der Waals surface area (Å²) in [6.45, 7) is 7.16. The van der Waals surface area contributed by atoms with Crippen molar-refractivity contribution in [1.82, 2.24) is 24.8 Å². The highest BCUT2D eigenvalue weighted by Gasteiger charge is 2.29. The molecule has 0 spiro atoms. The van der Waals surface area contributed by atoms with Gasteiger partial charge in [0.25, 0.3) is 0 Å². The summed E-state index contributed by atoms with van der Waals surface area (Å²) in [5, 5.41) is 5.22. The van der Waals surface area contributed by atoms with Crippen molar-refractivity contribution in [2.45, 2.75) is 44.2 Å². The van der Waals surface area contributed by atoms with Gasteiger partial charge in [0.2, 0.25) is 11.9 Å². The average molecular weight is 479 g/mol. The fourth-order valence-corrected chi connectivity index (χ4v) is 5.55. The number of carbonyl (C=O) groups is 1. The number of hydrogen-bond donors (Lipinski definition) is 2. The first-order valence-electron chi connectivity index (χ1n) is 12.1. The highest BCUT2D eigenvalue weighted by atomic mass is 35.5. The van der Waals surface area contributed by atoms with E-state index in [-0.39, 0.29) is 5.91 Å². The molecular formula is C26H31ClN6O. The van der Waals surface area contributed by atoms with Crippen molar-refractivity contribution >= 4 is 34.4 Å². The van der Waals surface area contributed by atoms with Gasteiger partial charge in [0.15, 0.2) is 0 Å². The predicted molar refractivity (Wildman–Crippen MR) is 137 cm³/mol. The Labute approximate surface area is 205 Å². The summed E-state index contributed by atoms with van der Waals surface area (Å²) in [6.07, 6.45) is 10.6. The molecule has 3 aromatic rings. The Hall–Kier alpha value is -2.90. The van der Waals surface area contributed by atoms with Gasteiger partial charge in [0.1, 0.15) is 0 Å². The minimum absolute atomic E-state index is 0.0379. The second-order valence-electron chi connectivity index (χ2n) is 9.22. The van der Waals surface area contributed by atoms with Crippen LogP contribution >= 0.6 is 11.6 Å². The maximum atomic E-state index is 12.0. The van der Waals surface area contributed by atoms with Gasteiger partial charge < -0.3 is 15.2 Å². The highest BCUT2D eigenvalue weighted by Crippen LogP contribution is 2.33. The number of anilines is 1. The van der Waals surface area contributed by atoms with E-state index in [1.807, 2.05) is 29.3 Å². The molecule has 8 heteroatoms. The number of carbonyl (C=O) groups excluding carboxylic acids is 1. The molecule has 1 saturated heterocycles. The predicted octanol–water partition coefficient (Wildman–Crippen LogP) is 4.72.